The highest BCUT2D eigenvalue weighted by Crippen LogP contribution is 2.40. The highest BCUT2D eigenvalue weighted by Gasteiger charge is 2.28. The molecule has 3 aromatic carbocycles. The summed E-state index contributed by atoms with van der Waals surface area (Å²) in [7, 11) is 0. The first-order chi connectivity index (χ1) is 18.8. The van der Waals surface area contributed by atoms with E-state index in [2.05, 4.69) is 42.5 Å². The lowest BCUT2D eigenvalue weighted by atomic mass is 9.72. The Bertz CT molecular complexity index is 897. The van der Waals surface area contributed by atoms with Crippen LogP contribution in [-0.4, -0.2) is 19.8 Å². The van der Waals surface area contributed by atoms with Crippen LogP contribution in [-0.2, 0) is 34.0 Å². The van der Waals surface area contributed by atoms with E-state index in [1.54, 1.807) is 0 Å². The third kappa shape index (κ3) is 12.0. The summed E-state index contributed by atoms with van der Waals surface area (Å²) < 4.78 is 18.0. The first-order valence-corrected chi connectivity index (χ1v) is 14.0. The minimum Gasteiger partial charge on any atom is -0.377 e. The Balaban J connectivity index is 1.48. The van der Waals surface area contributed by atoms with Gasteiger partial charge in [-0.25, -0.2) is 0 Å². The molecular weight excluding hydrogens is 470 g/mol. The molecule has 0 aromatic heterocycles. The van der Waals surface area contributed by atoms with Crippen molar-refractivity contribution >= 4 is 0 Å². The molecule has 0 aliphatic heterocycles. The minimum atomic E-state index is 0.109. The SMILES string of the molecule is N#CCCC(CCCOCc1ccccc1)(CCCOCc1ccccc1)CCCOCc1ccccc1. The van der Waals surface area contributed by atoms with Gasteiger partial charge in [0.05, 0.1) is 25.9 Å². The molecule has 0 bridgehead atoms. The molecule has 3 rings (SSSR count). The van der Waals surface area contributed by atoms with Crippen molar-refractivity contribution in [2.75, 3.05) is 19.8 Å². The molecule has 3 aromatic rings. The normalized spacial score (nSPS) is 11.3. The quantitative estimate of drug-likeness (QED) is 0.143. The van der Waals surface area contributed by atoms with Crippen molar-refractivity contribution in [3.8, 4) is 6.07 Å². The molecule has 0 heterocycles. The van der Waals surface area contributed by atoms with Crippen molar-refractivity contribution in [2.45, 2.75) is 71.2 Å². The van der Waals surface area contributed by atoms with E-state index in [9.17, 15) is 5.26 Å². The number of hydrogen-bond acceptors (Lipinski definition) is 4. The van der Waals surface area contributed by atoms with Crippen LogP contribution in [0.15, 0.2) is 91.0 Å². The number of hydrogen-bond donors (Lipinski definition) is 0. The largest absolute Gasteiger partial charge is 0.377 e. The lowest BCUT2D eigenvalue weighted by Gasteiger charge is -2.34. The monoisotopic (exact) mass is 513 g/mol. The van der Waals surface area contributed by atoms with Crippen LogP contribution < -0.4 is 0 Å². The number of ether oxygens (including phenoxy) is 3. The van der Waals surface area contributed by atoms with Crippen molar-refractivity contribution in [1.29, 1.82) is 5.26 Å². The van der Waals surface area contributed by atoms with Gasteiger partial charge in [0.15, 0.2) is 0 Å². The molecule has 202 valence electrons. The molecule has 4 nitrogen and oxygen atoms in total. The first kappa shape index (κ1) is 29.6. The Labute approximate surface area is 229 Å². The van der Waals surface area contributed by atoms with Gasteiger partial charge >= 0.3 is 0 Å². The average Bonchev–Trinajstić information content (AvgIpc) is 2.97. The van der Waals surface area contributed by atoms with Crippen molar-refractivity contribution in [3.05, 3.63) is 108 Å². The van der Waals surface area contributed by atoms with E-state index < -0.39 is 0 Å². The minimum absolute atomic E-state index is 0.109. The second-order valence-corrected chi connectivity index (χ2v) is 10.1. The Morgan fingerprint density at radius 2 is 0.842 bits per heavy atom. The van der Waals surface area contributed by atoms with Crippen LogP contribution in [0.25, 0.3) is 0 Å². The second kappa shape index (κ2) is 18.3. The molecule has 4 heteroatoms. The van der Waals surface area contributed by atoms with E-state index in [-0.39, 0.29) is 5.41 Å². The van der Waals surface area contributed by atoms with E-state index in [0.717, 1.165) is 64.8 Å². The summed E-state index contributed by atoms with van der Waals surface area (Å²) in [6.45, 7) is 4.14. The maximum Gasteiger partial charge on any atom is 0.0716 e. The van der Waals surface area contributed by atoms with Crippen LogP contribution in [0.2, 0.25) is 0 Å². The van der Waals surface area contributed by atoms with Crippen LogP contribution in [0.1, 0.15) is 68.1 Å². The van der Waals surface area contributed by atoms with E-state index in [1.165, 1.54) is 16.7 Å². The molecule has 0 spiro atoms. The molecule has 0 aliphatic carbocycles. The van der Waals surface area contributed by atoms with Crippen LogP contribution in [0, 0.1) is 16.7 Å². The van der Waals surface area contributed by atoms with Gasteiger partial charge in [0.1, 0.15) is 0 Å². The smallest absolute Gasteiger partial charge is 0.0716 e. The highest BCUT2D eigenvalue weighted by atomic mass is 16.5. The Morgan fingerprint density at radius 3 is 1.16 bits per heavy atom. The second-order valence-electron chi connectivity index (χ2n) is 10.1. The van der Waals surface area contributed by atoms with Gasteiger partial charge < -0.3 is 14.2 Å². The maximum absolute atomic E-state index is 9.41. The first-order valence-electron chi connectivity index (χ1n) is 14.0. The molecule has 0 aliphatic rings. The number of nitriles is 1. The third-order valence-electron chi connectivity index (χ3n) is 7.09. The average molecular weight is 514 g/mol. The molecule has 0 amide bonds. The molecule has 0 radical (unpaired) electrons. The number of rotatable bonds is 20. The fourth-order valence-electron chi connectivity index (χ4n) is 5.01. The topological polar surface area (TPSA) is 51.5 Å². The van der Waals surface area contributed by atoms with Crippen molar-refractivity contribution in [1.82, 2.24) is 0 Å². The zero-order valence-corrected chi connectivity index (χ0v) is 22.7. The van der Waals surface area contributed by atoms with Crippen molar-refractivity contribution in [2.24, 2.45) is 5.41 Å². The van der Waals surface area contributed by atoms with Gasteiger partial charge in [-0.15, -0.1) is 0 Å². The van der Waals surface area contributed by atoms with Crippen LogP contribution in [0.5, 0.6) is 0 Å². The molecule has 0 unspecified atom stereocenters. The highest BCUT2D eigenvalue weighted by molar-refractivity contribution is 5.14. The summed E-state index contributed by atoms with van der Waals surface area (Å²) in [5, 5.41) is 9.41. The summed E-state index contributed by atoms with van der Waals surface area (Å²) in [5.41, 5.74) is 3.72. The Morgan fingerprint density at radius 1 is 0.500 bits per heavy atom. The van der Waals surface area contributed by atoms with Gasteiger partial charge in [-0.05, 0) is 67.1 Å². The predicted octanol–water partition coefficient (Wildman–Crippen LogP) is 8.27. The summed E-state index contributed by atoms with van der Waals surface area (Å²) in [6, 6.07) is 33.4. The molecule has 0 fully saturated rings. The van der Waals surface area contributed by atoms with Gasteiger partial charge in [-0.2, -0.15) is 5.26 Å². The zero-order chi connectivity index (χ0) is 26.6. The molecule has 38 heavy (non-hydrogen) atoms. The third-order valence-corrected chi connectivity index (χ3v) is 7.09. The summed E-state index contributed by atoms with van der Waals surface area (Å²) in [5.74, 6) is 0. The molecule has 0 saturated heterocycles. The van der Waals surface area contributed by atoms with E-state index in [4.69, 9.17) is 14.2 Å². The lowest BCUT2D eigenvalue weighted by molar-refractivity contribution is 0.0693. The molecular formula is C34H43NO3. The summed E-state index contributed by atoms with van der Waals surface area (Å²) >= 11 is 0. The summed E-state index contributed by atoms with van der Waals surface area (Å²) in [4.78, 5) is 0. The van der Waals surface area contributed by atoms with E-state index in [0.29, 0.717) is 26.2 Å². The standard InChI is InChI=1S/C34H43NO3/c35-24-10-20-34(21-11-25-36-28-31-14-4-1-5-15-31,22-12-26-37-29-32-16-6-2-7-17-32)23-13-27-38-30-33-18-8-3-9-19-33/h1-9,14-19H,10-13,20-23,25-30H2. The maximum atomic E-state index is 9.41. The lowest BCUT2D eigenvalue weighted by Crippen LogP contribution is -2.23. The van der Waals surface area contributed by atoms with Crippen molar-refractivity contribution < 1.29 is 14.2 Å². The Hall–Kier alpha value is -2.97. The van der Waals surface area contributed by atoms with Gasteiger partial charge in [0.25, 0.3) is 0 Å². The molecule has 0 atom stereocenters. The number of benzene rings is 3. The number of nitrogens with zero attached hydrogens (tertiary/aromatic N) is 1. The molecule has 0 N–H and O–H groups in total. The van der Waals surface area contributed by atoms with Crippen molar-refractivity contribution in [3.63, 3.8) is 0 Å². The van der Waals surface area contributed by atoms with Crippen LogP contribution in [0.3, 0.4) is 0 Å². The molecule has 0 saturated carbocycles. The van der Waals surface area contributed by atoms with Gasteiger partial charge in [-0.3, -0.25) is 0 Å². The van der Waals surface area contributed by atoms with Gasteiger partial charge in [0.2, 0.25) is 0 Å². The fourth-order valence-corrected chi connectivity index (χ4v) is 5.01. The predicted molar refractivity (Wildman–Crippen MR) is 153 cm³/mol. The fraction of sp³-hybridized carbons (Fsp3) is 0.441. The van der Waals surface area contributed by atoms with Crippen LogP contribution in [0.4, 0.5) is 0 Å². The summed E-state index contributed by atoms with van der Waals surface area (Å²) in [6.07, 6.45) is 7.65. The van der Waals surface area contributed by atoms with Crippen LogP contribution >= 0.6 is 0 Å². The van der Waals surface area contributed by atoms with E-state index in [1.807, 2.05) is 54.6 Å². The Kier molecular flexibility index (Phi) is 14.3. The van der Waals surface area contributed by atoms with Gasteiger partial charge in [0, 0.05) is 26.2 Å². The zero-order valence-electron chi connectivity index (χ0n) is 22.7. The van der Waals surface area contributed by atoms with E-state index >= 15 is 0 Å². The van der Waals surface area contributed by atoms with Gasteiger partial charge in [-0.1, -0.05) is 91.0 Å².